The summed E-state index contributed by atoms with van der Waals surface area (Å²) in [6.07, 6.45) is 1.92. The third-order valence-electron chi connectivity index (χ3n) is 6.71. The van der Waals surface area contributed by atoms with E-state index in [9.17, 15) is 14.4 Å². The fourth-order valence-electron chi connectivity index (χ4n) is 4.67. The van der Waals surface area contributed by atoms with Gasteiger partial charge in [0.25, 0.3) is 0 Å². The summed E-state index contributed by atoms with van der Waals surface area (Å²) in [5.41, 5.74) is 1.34. The highest BCUT2D eigenvalue weighted by atomic mass is 16.6. The molecule has 204 valence electrons. The van der Waals surface area contributed by atoms with Gasteiger partial charge < -0.3 is 19.9 Å². The van der Waals surface area contributed by atoms with E-state index in [2.05, 4.69) is 22.3 Å². The lowest BCUT2D eigenvalue weighted by Crippen LogP contribution is -2.59. The lowest BCUT2D eigenvalue weighted by Gasteiger charge is -2.43. The summed E-state index contributed by atoms with van der Waals surface area (Å²) in [6.45, 7) is 8.48. The molecule has 4 rings (SSSR count). The number of carbonyl (C=O) groups is 3. The number of anilines is 1. The molecule has 1 aliphatic heterocycles. The molecule has 1 atom stereocenters. The number of benzene rings is 2. The van der Waals surface area contributed by atoms with Crippen LogP contribution in [0.15, 0.2) is 60.7 Å². The Bertz CT molecular complexity index is 1080. The van der Waals surface area contributed by atoms with Crippen LogP contribution >= 0.6 is 0 Å². The van der Waals surface area contributed by atoms with Crippen LogP contribution in [0, 0.1) is 0 Å². The third-order valence-corrected chi connectivity index (χ3v) is 6.71. The Labute approximate surface area is 225 Å². The summed E-state index contributed by atoms with van der Waals surface area (Å²) in [7, 11) is 0. The zero-order valence-electron chi connectivity index (χ0n) is 22.8. The van der Waals surface area contributed by atoms with E-state index in [1.165, 1.54) is 5.56 Å². The predicted octanol–water partition coefficient (Wildman–Crippen LogP) is 4.20. The lowest BCUT2D eigenvalue weighted by atomic mass is 10.1. The average Bonchev–Trinajstić information content (AvgIpc) is 3.70. The molecule has 2 aliphatic rings. The summed E-state index contributed by atoms with van der Waals surface area (Å²) in [5, 5.41) is 2.96. The van der Waals surface area contributed by atoms with E-state index in [0.717, 1.165) is 25.1 Å². The van der Waals surface area contributed by atoms with Crippen LogP contribution < -0.4 is 10.2 Å². The summed E-state index contributed by atoms with van der Waals surface area (Å²) in [5.74, 6) is -0.220. The van der Waals surface area contributed by atoms with Crippen molar-refractivity contribution in [3.05, 3.63) is 66.2 Å². The van der Waals surface area contributed by atoms with Gasteiger partial charge in [-0.3, -0.25) is 14.5 Å². The molecule has 0 aromatic heterocycles. The molecule has 8 heteroatoms. The molecule has 0 spiro atoms. The molecule has 3 amide bonds. The summed E-state index contributed by atoms with van der Waals surface area (Å²) in [4.78, 5) is 44.8. The van der Waals surface area contributed by atoms with E-state index in [4.69, 9.17) is 4.74 Å². The largest absolute Gasteiger partial charge is 0.444 e. The topological polar surface area (TPSA) is 82.2 Å². The van der Waals surface area contributed by atoms with Crippen LogP contribution in [-0.4, -0.2) is 71.6 Å². The van der Waals surface area contributed by atoms with E-state index in [1.54, 1.807) is 9.80 Å². The molecule has 0 radical (unpaired) electrons. The van der Waals surface area contributed by atoms with Gasteiger partial charge in [-0.15, -0.1) is 0 Å². The molecular weight excluding hydrogens is 480 g/mol. The van der Waals surface area contributed by atoms with Gasteiger partial charge in [-0.2, -0.15) is 0 Å². The van der Waals surface area contributed by atoms with Gasteiger partial charge in [0.1, 0.15) is 5.60 Å². The normalized spacial score (nSPS) is 18.1. The predicted molar refractivity (Wildman–Crippen MR) is 148 cm³/mol. The molecule has 1 saturated heterocycles. The zero-order chi connectivity index (χ0) is 27.1. The zero-order valence-corrected chi connectivity index (χ0v) is 22.8. The van der Waals surface area contributed by atoms with Crippen LogP contribution in [0.3, 0.4) is 0 Å². The number of carbonyl (C=O) groups excluding carboxylic acids is 3. The number of hydrogen-bond donors (Lipinski definition) is 1. The minimum atomic E-state index is -0.618. The number of nitrogens with one attached hydrogen (secondary N) is 1. The average molecular weight is 521 g/mol. The van der Waals surface area contributed by atoms with Crippen molar-refractivity contribution in [1.29, 1.82) is 0 Å². The van der Waals surface area contributed by atoms with Crippen LogP contribution in [-0.2, 0) is 20.9 Å². The number of hydrogen-bond acceptors (Lipinski definition) is 5. The van der Waals surface area contributed by atoms with Gasteiger partial charge in [-0.05, 0) is 51.3 Å². The molecular formula is C30H40N4O4. The molecule has 38 heavy (non-hydrogen) atoms. The quantitative estimate of drug-likeness (QED) is 0.536. The number of amides is 3. The van der Waals surface area contributed by atoms with Gasteiger partial charge >= 0.3 is 6.09 Å². The Morgan fingerprint density at radius 3 is 2.24 bits per heavy atom. The fraction of sp³-hybridized carbons (Fsp3) is 0.500. The van der Waals surface area contributed by atoms with Crippen LogP contribution in [0.4, 0.5) is 10.5 Å². The first-order valence-corrected chi connectivity index (χ1v) is 13.6. The highest BCUT2D eigenvalue weighted by Crippen LogP contribution is 2.23. The molecule has 0 unspecified atom stereocenters. The second-order valence-electron chi connectivity index (χ2n) is 11.2. The van der Waals surface area contributed by atoms with Crippen LogP contribution in [0.25, 0.3) is 0 Å². The van der Waals surface area contributed by atoms with Gasteiger partial charge in [0.15, 0.2) is 0 Å². The Kier molecular flexibility index (Phi) is 9.05. The number of nitrogens with zero attached hydrogens (tertiary/aromatic N) is 3. The van der Waals surface area contributed by atoms with Gasteiger partial charge in [-0.25, -0.2) is 4.79 Å². The minimum Gasteiger partial charge on any atom is -0.444 e. The van der Waals surface area contributed by atoms with E-state index >= 15 is 0 Å². The first-order chi connectivity index (χ1) is 18.2. The van der Waals surface area contributed by atoms with E-state index < -0.39 is 5.60 Å². The summed E-state index contributed by atoms with van der Waals surface area (Å²) in [6, 6.07) is 19.7. The highest BCUT2D eigenvalue weighted by Gasteiger charge is 2.35. The maximum atomic E-state index is 13.5. The van der Waals surface area contributed by atoms with Crippen molar-refractivity contribution in [2.75, 3.05) is 31.1 Å². The minimum absolute atomic E-state index is 0.0871. The molecule has 0 bridgehead atoms. The van der Waals surface area contributed by atoms with Crippen molar-refractivity contribution in [2.24, 2.45) is 0 Å². The molecule has 1 N–H and O–H groups in total. The van der Waals surface area contributed by atoms with Crippen molar-refractivity contribution >= 4 is 23.6 Å². The van der Waals surface area contributed by atoms with Crippen LogP contribution in [0.2, 0.25) is 0 Å². The monoisotopic (exact) mass is 520 g/mol. The molecule has 8 nitrogen and oxygen atoms in total. The molecule has 2 fully saturated rings. The van der Waals surface area contributed by atoms with Gasteiger partial charge in [0.2, 0.25) is 11.8 Å². The summed E-state index contributed by atoms with van der Waals surface area (Å²) >= 11 is 0. The number of ether oxygens (including phenoxy) is 1. The molecule has 2 aromatic rings. The van der Waals surface area contributed by atoms with Gasteiger partial charge in [0.05, 0.1) is 6.04 Å². The third kappa shape index (κ3) is 8.31. The second-order valence-corrected chi connectivity index (χ2v) is 11.2. The SMILES string of the molecule is CC(C)(C)OC(=O)N1CCN(Cc2ccccc2)C[C@H]1CN(C(=O)CCC(=O)NC1CC1)c1ccccc1. The molecule has 2 aromatic carbocycles. The van der Waals surface area contributed by atoms with Gasteiger partial charge in [-0.1, -0.05) is 48.5 Å². The van der Waals surface area contributed by atoms with Crippen molar-refractivity contribution in [1.82, 2.24) is 15.1 Å². The fourth-order valence-corrected chi connectivity index (χ4v) is 4.67. The van der Waals surface area contributed by atoms with E-state index in [1.807, 2.05) is 69.3 Å². The number of piperazine rings is 1. The smallest absolute Gasteiger partial charge is 0.410 e. The van der Waals surface area contributed by atoms with Crippen LogP contribution in [0.1, 0.15) is 52.0 Å². The standard InChI is InChI=1S/C30H40N4O4/c1-30(2,3)38-29(37)33-19-18-32(20-23-10-6-4-7-11-23)21-26(33)22-34(25-12-8-5-9-13-25)28(36)17-16-27(35)31-24-14-15-24/h4-13,24,26H,14-22H2,1-3H3,(H,31,35)/t26-/m0/s1. The van der Waals surface area contributed by atoms with Gasteiger partial charge in [0, 0.05) is 57.3 Å². The number of para-hydroxylation sites is 1. The van der Waals surface area contributed by atoms with Crippen LogP contribution in [0.5, 0.6) is 0 Å². The van der Waals surface area contributed by atoms with Crippen molar-refractivity contribution in [3.63, 3.8) is 0 Å². The summed E-state index contributed by atoms with van der Waals surface area (Å²) < 4.78 is 5.74. The Morgan fingerprint density at radius 2 is 1.61 bits per heavy atom. The maximum Gasteiger partial charge on any atom is 0.410 e. The first-order valence-electron chi connectivity index (χ1n) is 13.6. The number of rotatable bonds is 9. The van der Waals surface area contributed by atoms with E-state index in [-0.39, 0.29) is 42.8 Å². The Morgan fingerprint density at radius 1 is 0.947 bits per heavy atom. The maximum absolute atomic E-state index is 13.5. The van der Waals surface area contributed by atoms with Crippen molar-refractivity contribution in [2.45, 2.75) is 70.7 Å². The first kappa shape index (κ1) is 27.6. The van der Waals surface area contributed by atoms with E-state index in [0.29, 0.717) is 26.2 Å². The molecule has 1 saturated carbocycles. The Balaban J connectivity index is 1.52. The van der Waals surface area contributed by atoms with Crippen molar-refractivity contribution in [3.8, 4) is 0 Å². The second kappa shape index (κ2) is 12.4. The molecule has 1 heterocycles. The molecule has 1 aliphatic carbocycles. The lowest BCUT2D eigenvalue weighted by molar-refractivity contribution is -0.125. The highest BCUT2D eigenvalue weighted by molar-refractivity contribution is 5.95. The van der Waals surface area contributed by atoms with Crippen molar-refractivity contribution < 1.29 is 19.1 Å². The Hall–Kier alpha value is -3.39.